The van der Waals surface area contributed by atoms with E-state index in [4.69, 9.17) is 13.9 Å². The molecule has 0 aliphatic carbocycles. The van der Waals surface area contributed by atoms with E-state index in [9.17, 15) is 14.4 Å². The second-order valence-electron chi connectivity index (χ2n) is 7.48. The van der Waals surface area contributed by atoms with E-state index in [0.717, 1.165) is 5.57 Å². The van der Waals surface area contributed by atoms with Crippen molar-refractivity contribution in [3.63, 3.8) is 0 Å². The number of likely N-dealkylation sites (N-methyl/N-ethyl adjacent to an activating group) is 1. The highest BCUT2D eigenvalue weighted by atomic mass is 16.6. The second-order valence-corrected chi connectivity index (χ2v) is 7.48. The van der Waals surface area contributed by atoms with Crippen LogP contribution in [-0.2, 0) is 19.1 Å². The molecule has 0 saturated carbocycles. The van der Waals surface area contributed by atoms with Crippen LogP contribution in [0.4, 0.5) is 4.79 Å². The van der Waals surface area contributed by atoms with E-state index >= 15 is 0 Å². The lowest BCUT2D eigenvalue weighted by molar-refractivity contribution is -0.139. The van der Waals surface area contributed by atoms with Crippen molar-refractivity contribution in [3.8, 4) is 0 Å². The van der Waals surface area contributed by atoms with Gasteiger partial charge in [-0.05, 0) is 44.9 Å². The van der Waals surface area contributed by atoms with Crippen LogP contribution in [0, 0.1) is 0 Å². The number of ether oxygens (including phenoxy) is 2. The zero-order valence-corrected chi connectivity index (χ0v) is 16.9. The first-order valence-electron chi connectivity index (χ1n) is 8.87. The fourth-order valence-electron chi connectivity index (χ4n) is 2.62. The Labute approximate surface area is 164 Å². The molecule has 0 N–H and O–H groups in total. The van der Waals surface area contributed by atoms with Gasteiger partial charge in [0.15, 0.2) is 0 Å². The molecule has 28 heavy (non-hydrogen) atoms. The fourth-order valence-corrected chi connectivity index (χ4v) is 2.62. The zero-order chi connectivity index (χ0) is 20.9. The molecule has 2 heterocycles. The van der Waals surface area contributed by atoms with E-state index in [-0.39, 0.29) is 12.1 Å². The number of esters is 1. The predicted molar refractivity (Wildman–Crippen MR) is 102 cm³/mol. The summed E-state index contributed by atoms with van der Waals surface area (Å²) < 4.78 is 15.0. The average Bonchev–Trinajstić information content (AvgIpc) is 3.28. The normalized spacial score (nSPS) is 14.5. The standard InChI is InChI=1S/C20H26N2O6/c1-20(2,3)28-19(25)22-8-6-15(12-22)11-21(4)17(23)16(18(24)26-5)10-14-7-9-27-13-14/h7,9-10,12-13H,6,8,11H2,1-5H3/b16-10-. The van der Waals surface area contributed by atoms with Crippen LogP contribution < -0.4 is 0 Å². The topological polar surface area (TPSA) is 89.3 Å². The van der Waals surface area contributed by atoms with Gasteiger partial charge in [0.25, 0.3) is 5.91 Å². The minimum absolute atomic E-state index is 0.103. The molecule has 0 fully saturated rings. The molecule has 1 aliphatic heterocycles. The van der Waals surface area contributed by atoms with Gasteiger partial charge in [0.05, 0.1) is 19.6 Å². The van der Waals surface area contributed by atoms with Crippen molar-refractivity contribution in [3.05, 3.63) is 41.5 Å². The summed E-state index contributed by atoms with van der Waals surface area (Å²) in [6, 6.07) is 1.63. The number of amides is 2. The summed E-state index contributed by atoms with van der Waals surface area (Å²) in [6.45, 7) is 6.18. The third-order valence-corrected chi connectivity index (χ3v) is 3.92. The van der Waals surface area contributed by atoms with Crippen LogP contribution in [0.15, 0.2) is 40.4 Å². The van der Waals surface area contributed by atoms with Gasteiger partial charge in [-0.3, -0.25) is 9.69 Å². The minimum Gasteiger partial charge on any atom is -0.472 e. The van der Waals surface area contributed by atoms with Crippen molar-refractivity contribution in [2.75, 3.05) is 27.2 Å². The molecule has 2 rings (SSSR count). The molecule has 1 aromatic rings. The predicted octanol–water partition coefficient (Wildman–Crippen LogP) is 2.82. The largest absolute Gasteiger partial charge is 0.472 e. The third kappa shape index (κ3) is 5.73. The number of nitrogens with zero attached hydrogens (tertiary/aromatic N) is 2. The smallest absolute Gasteiger partial charge is 0.414 e. The summed E-state index contributed by atoms with van der Waals surface area (Å²) in [5.41, 5.74) is 0.787. The Bertz CT molecular complexity index is 786. The highest BCUT2D eigenvalue weighted by molar-refractivity contribution is 6.19. The molecule has 2 amide bonds. The van der Waals surface area contributed by atoms with E-state index in [1.807, 2.05) is 0 Å². The molecule has 1 aromatic heterocycles. The van der Waals surface area contributed by atoms with Crippen LogP contribution in [0.2, 0.25) is 0 Å². The Morgan fingerprint density at radius 3 is 2.61 bits per heavy atom. The molecule has 0 aromatic carbocycles. The number of hydrogen-bond donors (Lipinski definition) is 0. The number of furan rings is 1. The Morgan fingerprint density at radius 2 is 2.04 bits per heavy atom. The van der Waals surface area contributed by atoms with Crippen molar-refractivity contribution in [2.24, 2.45) is 0 Å². The number of carbonyl (C=O) groups is 3. The maximum atomic E-state index is 12.8. The van der Waals surface area contributed by atoms with Crippen molar-refractivity contribution >= 4 is 24.0 Å². The molecule has 152 valence electrons. The van der Waals surface area contributed by atoms with E-state index in [1.54, 1.807) is 40.1 Å². The molecule has 0 unspecified atom stereocenters. The molecule has 0 spiro atoms. The van der Waals surface area contributed by atoms with Gasteiger partial charge in [-0.25, -0.2) is 9.59 Å². The Hall–Kier alpha value is -3.03. The molecule has 0 atom stereocenters. The first-order chi connectivity index (χ1) is 13.1. The number of methoxy groups -OCH3 is 1. The van der Waals surface area contributed by atoms with Gasteiger partial charge in [0, 0.05) is 31.9 Å². The monoisotopic (exact) mass is 390 g/mol. The molecular weight excluding hydrogens is 364 g/mol. The van der Waals surface area contributed by atoms with E-state index in [0.29, 0.717) is 18.5 Å². The van der Waals surface area contributed by atoms with Crippen LogP contribution >= 0.6 is 0 Å². The van der Waals surface area contributed by atoms with Gasteiger partial charge < -0.3 is 18.8 Å². The fraction of sp³-hybridized carbons (Fsp3) is 0.450. The average molecular weight is 390 g/mol. The van der Waals surface area contributed by atoms with E-state index in [1.165, 1.54) is 35.5 Å². The summed E-state index contributed by atoms with van der Waals surface area (Å²) in [5, 5.41) is 0. The molecule has 0 bridgehead atoms. The highest BCUT2D eigenvalue weighted by Gasteiger charge is 2.27. The highest BCUT2D eigenvalue weighted by Crippen LogP contribution is 2.20. The number of hydrogen-bond acceptors (Lipinski definition) is 6. The number of carbonyl (C=O) groups excluding carboxylic acids is 3. The number of rotatable bonds is 5. The molecule has 0 radical (unpaired) electrons. The Morgan fingerprint density at radius 1 is 1.32 bits per heavy atom. The zero-order valence-electron chi connectivity index (χ0n) is 16.9. The second kappa shape index (κ2) is 8.77. The van der Waals surface area contributed by atoms with Crippen molar-refractivity contribution in [1.29, 1.82) is 0 Å². The summed E-state index contributed by atoms with van der Waals surface area (Å²) in [7, 11) is 2.81. The van der Waals surface area contributed by atoms with Gasteiger partial charge in [0.1, 0.15) is 11.2 Å². The Balaban J connectivity index is 2.07. The van der Waals surface area contributed by atoms with Crippen LogP contribution in [-0.4, -0.2) is 60.6 Å². The third-order valence-electron chi connectivity index (χ3n) is 3.92. The summed E-state index contributed by atoms with van der Waals surface area (Å²) in [4.78, 5) is 39.8. The lowest BCUT2D eigenvalue weighted by Gasteiger charge is -2.23. The van der Waals surface area contributed by atoms with Gasteiger partial charge >= 0.3 is 12.1 Å². The summed E-state index contributed by atoms with van der Waals surface area (Å²) in [6.07, 6.45) is 6.18. The maximum Gasteiger partial charge on any atom is 0.414 e. The molecule has 1 aliphatic rings. The van der Waals surface area contributed by atoms with Crippen molar-refractivity contribution in [2.45, 2.75) is 32.8 Å². The summed E-state index contributed by atoms with van der Waals surface area (Å²) in [5.74, 6) is -1.21. The van der Waals surface area contributed by atoms with Crippen LogP contribution in [0.1, 0.15) is 32.8 Å². The SMILES string of the molecule is COC(=O)/C(=C\c1ccoc1)C(=O)N(C)CC1=CN(C(=O)OC(C)(C)C)CC1. The van der Waals surface area contributed by atoms with Crippen molar-refractivity contribution < 1.29 is 28.3 Å². The van der Waals surface area contributed by atoms with Crippen LogP contribution in [0.5, 0.6) is 0 Å². The lowest BCUT2D eigenvalue weighted by Crippen LogP contribution is -2.33. The van der Waals surface area contributed by atoms with E-state index in [2.05, 4.69) is 0 Å². The van der Waals surface area contributed by atoms with E-state index < -0.39 is 23.6 Å². The van der Waals surface area contributed by atoms with Crippen molar-refractivity contribution in [1.82, 2.24) is 9.80 Å². The van der Waals surface area contributed by atoms with Gasteiger partial charge in [-0.15, -0.1) is 0 Å². The lowest BCUT2D eigenvalue weighted by atomic mass is 10.1. The quantitative estimate of drug-likeness (QED) is 0.332. The first-order valence-corrected chi connectivity index (χ1v) is 8.87. The van der Waals surface area contributed by atoms with Gasteiger partial charge in [0.2, 0.25) is 0 Å². The minimum atomic E-state index is -0.728. The van der Waals surface area contributed by atoms with Crippen LogP contribution in [0.3, 0.4) is 0 Å². The Kier molecular flexibility index (Phi) is 6.66. The van der Waals surface area contributed by atoms with Gasteiger partial charge in [-0.2, -0.15) is 0 Å². The van der Waals surface area contributed by atoms with Gasteiger partial charge in [-0.1, -0.05) is 0 Å². The first kappa shape index (κ1) is 21.3. The van der Waals surface area contributed by atoms with Crippen LogP contribution in [0.25, 0.3) is 6.08 Å². The molecule has 8 nitrogen and oxygen atoms in total. The molecule has 8 heteroatoms. The molecular formula is C20H26N2O6. The molecule has 0 saturated heterocycles. The maximum absolute atomic E-state index is 12.8. The summed E-state index contributed by atoms with van der Waals surface area (Å²) >= 11 is 0.